The van der Waals surface area contributed by atoms with E-state index in [0.717, 1.165) is 0 Å². The van der Waals surface area contributed by atoms with Crippen molar-refractivity contribution >= 4 is 109 Å². The molecule has 0 unspecified atom stereocenters. The van der Waals surface area contributed by atoms with Crippen LogP contribution in [-0.2, 0) is 0 Å². The molecule has 18 rings (SSSR count). The molecule has 0 amide bonds. The van der Waals surface area contributed by atoms with Crippen molar-refractivity contribution in [3.63, 3.8) is 0 Å². The van der Waals surface area contributed by atoms with Crippen molar-refractivity contribution in [1.29, 1.82) is 0 Å². The molecular formula is C84H52O2. The molecule has 18 aromatic rings. The minimum Gasteiger partial charge on any atom is -0.455 e. The number of hydrogen-bond donors (Lipinski definition) is 0. The van der Waals surface area contributed by atoms with E-state index < -0.39 is 479 Å². The molecule has 16 aromatic carbocycles. The summed E-state index contributed by atoms with van der Waals surface area (Å²) < 4.78 is 475. The number of rotatable bonds is 6. The van der Waals surface area contributed by atoms with Gasteiger partial charge in [-0.25, -0.2) is 0 Å². The Labute approximate surface area is 569 Å². The zero-order valence-electron chi connectivity index (χ0n) is 94.8. The van der Waals surface area contributed by atoms with Crippen LogP contribution in [0.5, 0.6) is 0 Å². The maximum Gasteiger partial charge on any atom is 0.143 e. The largest absolute Gasteiger partial charge is 0.455 e. The molecule has 0 aliphatic carbocycles. The molecule has 0 spiro atoms. The van der Waals surface area contributed by atoms with Crippen molar-refractivity contribution in [2.24, 2.45) is 0 Å². The highest BCUT2D eigenvalue weighted by molar-refractivity contribution is 6.25. The molecule has 0 aliphatic heterocycles. The molecule has 2 heteroatoms. The molecule has 0 saturated heterocycles. The van der Waals surface area contributed by atoms with Crippen LogP contribution >= 0.6 is 0 Å². The Morgan fingerprint density at radius 2 is 0.488 bits per heavy atom. The van der Waals surface area contributed by atoms with Crippen LogP contribution in [0, 0.1) is 0 Å². The van der Waals surface area contributed by atoms with Gasteiger partial charge in [0, 0.05) is 32.7 Å². The molecule has 2 aromatic heterocycles. The molecule has 2 heterocycles. The molecule has 86 heavy (non-hydrogen) atoms. The van der Waals surface area contributed by atoms with Gasteiger partial charge in [-0.2, -0.15) is 0 Å². The van der Waals surface area contributed by atoms with E-state index in [9.17, 15) is 26.0 Å². The smallest absolute Gasteiger partial charge is 0.143 e. The number of benzene rings is 16. The van der Waals surface area contributed by atoms with Gasteiger partial charge < -0.3 is 8.83 Å². The van der Waals surface area contributed by atoms with Crippen LogP contribution < -0.4 is 0 Å². The van der Waals surface area contributed by atoms with Gasteiger partial charge >= 0.3 is 0 Å². The minimum atomic E-state index is -1.07. The second-order valence-electron chi connectivity index (χ2n) is 18.5. The second kappa shape index (κ2) is 20.2. The van der Waals surface area contributed by atoms with Crippen LogP contribution in [0.25, 0.3) is 175 Å². The topological polar surface area (TPSA) is 26.3 Å². The number of furan rings is 2. The van der Waals surface area contributed by atoms with E-state index in [-0.39, 0.29) is 10.8 Å². The van der Waals surface area contributed by atoms with Crippen LogP contribution in [0.4, 0.5) is 0 Å². The lowest BCUT2D eigenvalue weighted by Gasteiger charge is -2.19. The first kappa shape index (κ1) is 19.9. The SMILES string of the molecule is [2H]c1c([2H])c(-c2c3c([2H])c([2H])c([2H])c([2H])c3c(-c3c([2H])c([2H])c([2H])c4c([2H])c([2H])c([2H])c([2H])c34)c3c([2H])c([2H])c([2H])c([2H])c23)c([2H])c([2H])c1-c1c([2H])c([2H])c([2H])c2c1oc1c([2H])c([2H])c([2H])c([2H])c12.[2H]c1c([2H])c(-c2c3c([2H])c([2H])c([2H])c([2H])c3c(-c3c([2H])c([2H])c4c([2H])c([2H])c([2H])c([2H])c4c3[2H])c3c([2H])c([2H])c([2H])c([2H])c23)c([2H])c([2H])c1-c1c([2H])c([2H])c([2H])c2c1oc1c([2H])c([2H])c([2H])c([2H])c12. The standard InChI is InChI=1S/2C42H26O/c1-2-13-30-27(11-1)12-9-20-33(30)41-36-17-5-3-15-34(36)40(35-16-4-6-18-37(35)41)29-25-23-28(24-26-29)31-19-10-21-38-32-14-7-8-22-39(32)43-42(31)38;1-2-11-30-26-31(25-20-27(30)10-1)41-36-15-5-3-13-34(36)40(35-14-4-6-16-37(35)41)29-23-21-28(22-24-29)32-17-9-18-38-33-12-7-8-19-39(33)43-42(32)38/h2*1-26H/i2*1D,2D,3D,4D,5D,6D,7D,8D,9D,10D,11D,12D,13D,14D,15D,16D,17D,18D,19D,20D,21D,22D,23D,24D,25D,26D. The van der Waals surface area contributed by atoms with Gasteiger partial charge in [0.15, 0.2) is 0 Å². The van der Waals surface area contributed by atoms with E-state index in [2.05, 4.69) is 0 Å². The Morgan fingerprint density at radius 1 is 0.186 bits per heavy atom. The summed E-state index contributed by atoms with van der Waals surface area (Å²) in [4.78, 5) is 0. The Kier molecular flexibility index (Phi) is 4.69. The summed E-state index contributed by atoms with van der Waals surface area (Å²) in [5.41, 5.74) is -11.0. The van der Waals surface area contributed by atoms with Crippen molar-refractivity contribution in [2.45, 2.75) is 0 Å². The highest BCUT2D eigenvalue weighted by Gasteiger charge is 2.21. The fourth-order valence-corrected chi connectivity index (χ4v) is 10.3. The van der Waals surface area contributed by atoms with E-state index in [1.54, 1.807) is 0 Å². The van der Waals surface area contributed by atoms with E-state index >= 15 is 0 Å². The lowest BCUT2D eigenvalue weighted by atomic mass is 9.84. The van der Waals surface area contributed by atoms with Crippen molar-refractivity contribution in [2.75, 3.05) is 0 Å². The first-order valence-corrected chi connectivity index (χ1v) is 25.3. The maximum atomic E-state index is 9.54. The van der Waals surface area contributed by atoms with Gasteiger partial charge in [0.05, 0.1) is 71.3 Å². The van der Waals surface area contributed by atoms with Crippen LogP contribution in [0.2, 0.25) is 0 Å². The summed E-state index contributed by atoms with van der Waals surface area (Å²) in [6.07, 6.45) is 0. The lowest BCUT2D eigenvalue weighted by Crippen LogP contribution is -1.91. The second-order valence-corrected chi connectivity index (χ2v) is 18.5. The van der Waals surface area contributed by atoms with E-state index in [1.165, 1.54) is 0 Å². The fourth-order valence-electron chi connectivity index (χ4n) is 10.3. The average Bonchev–Trinajstić information content (AvgIpc) is 1.12. The lowest BCUT2D eigenvalue weighted by molar-refractivity contribution is 0.669. The number of fused-ring (bicyclic) bond motifs is 12. The van der Waals surface area contributed by atoms with Gasteiger partial charge in [-0.1, -0.05) is 296 Å². The molecule has 2 nitrogen and oxygen atoms in total. The summed E-state index contributed by atoms with van der Waals surface area (Å²) in [6, 6.07) is -46.9. The number of para-hydroxylation sites is 4. The van der Waals surface area contributed by atoms with Gasteiger partial charge in [0.2, 0.25) is 0 Å². The molecule has 0 radical (unpaired) electrons. The van der Waals surface area contributed by atoms with Gasteiger partial charge in [0.1, 0.15) is 22.3 Å². The summed E-state index contributed by atoms with van der Waals surface area (Å²) in [5.74, 6) is 0. The third kappa shape index (κ3) is 8.03. The average molecular weight is 1150 g/mol. The first-order valence-electron chi connectivity index (χ1n) is 51.3. The third-order valence-electron chi connectivity index (χ3n) is 13.9. The first-order chi connectivity index (χ1) is 64.3. The normalized spacial score (nSPS) is 20.2. The highest BCUT2D eigenvalue weighted by Crippen LogP contribution is 2.48. The Morgan fingerprint density at radius 3 is 0.953 bits per heavy atom. The molecule has 0 N–H and O–H groups in total. The van der Waals surface area contributed by atoms with Crippen LogP contribution in [0.15, 0.2) is 323 Å². The monoisotopic (exact) mass is 1140 g/mol. The molecule has 0 fully saturated rings. The Hall–Kier alpha value is -11.3. The van der Waals surface area contributed by atoms with Crippen LogP contribution in [0.1, 0.15) is 71.3 Å². The maximum absolute atomic E-state index is 9.54. The zero-order valence-corrected chi connectivity index (χ0v) is 42.8. The van der Waals surface area contributed by atoms with E-state index in [4.69, 9.17) is 54.1 Å². The van der Waals surface area contributed by atoms with E-state index in [0.29, 0.717) is 0 Å². The third-order valence-corrected chi connectivity index (χ3v) is 13.9. The predicted octanol–water partition coefficient (Wildman–Crippen LogP) is 24.1. The van der Waals surface area contributed by atoms with Gasteiger partial charge in [-0.15, -0.1) is 0 Å². The quantitative estimate of drug-likeness (QED) is 0.155. The summed E-state index contributed by atoms with van der Waals surface area (Å²) >= 11 is 0. The molecule has 0 atom stereocenters. The summed E-state index contributed by atoms with van der Waals surface area (Å²) in [5, 5.41) is -9.76. The van der Waals surface area contributed by atoms with Gasteiger partial charge in [-0.3, -0.25) is 0 Å². The van der Waals surface area contributed by atoms with Crippen molar-refractivity contribution < 1.29 is 80.1 Å². The summed E-state index contributed by atoms with van der Waals surface area (Å²) in [6.45, 7) is 0. The van der Waals surface area contributed by atoms with E-state index in [1.807, 2.05) is 0 Å². The van der Waals surface area contributed by atoms with Crippen LogP contribution in [-0.4, -0.2) is 0 Å². The Bertz CT molecular complexity index is 8710. The number of hydrogen-bond acceptors (Lipinski definition) is 2. The fraction of sp³-hybridized carbons (Fsp3) is 0. The van der Waals surface area contributed by atoms with Crippen molar-refractivity contribution in [3.05, 3.63) is 314 Å². The predicted molar refractivity (Wildman–Crippen MR) is 365 cm³/mol. The van der Waals surface area contributed by atoms with Gasteiger partial charge in [0.25, 0.3) is 0 Å². The van der Waals surface area contributed by atoms with Crippen LogP contribution in [0.3, 0.4) is 0 Å². The molecule has 400 valence electrons. The summed E-state index contributed by atoms with van der Waals surface area (Å²) in [7, 11) is 0. The van der Waals surface area contributed by atoms with Crippen molar-refractivity contribution in [3.8, 4) is 66.8 Å². The highest BCUT2D eigenvalue weighted by atomic mass is 16.3. The van der Waals surface area contributed by atoms with Crippen molar-refractivity contribution in [1.82, 2.24) is 0 Å². The van der Waals surface area contributed by atoms with Gasteiger partial charge in [-0.05, 0) is 138 Å². The molecule has 0 saturated carbocycles. The zero-order chi connectivity index (χ0) is 102. The molecular weight excluding hydrogens is 1040 g/mol. The molecule has 0 bridgehead atoms. The Balaban J connectivity index is 0.000000191. The molecule has 0 aliphatic rings. The minimum absolute atomic E-state index is 0.375.